The summed E-state index contributed by atoms with van der Waals surface area (Å²) in [6.45, 7) is 0. The molecule has 1 amide bonds. The van der Waals surface area contributed by atoms with Crippen molar-refractivity contribution in [1.82, 2.24) is 10.3 Å². The highest BCUT2D eigenvalue weighted by molar-refractivity contribution is 5.64. The van der Waals surface area contributed by atoms with Crippen molar-refractivity contribution in [3.63, 3.8) is 0 Å². The smallest absolute Gasteiger partial charge is 0.404 e. The van der Waals surface area contributed by atoms with E-state index in [1.54, 1.807) is 6.20 Å². The monoisotopic (exact) mass is 210 g/mol. The lowest BCUT2D eigenvalue weighted by molar-refractivity contribution is 0.184. The molecular formula is C10H14N2O3. The minimum atomic E-state index is -0.932. The molecule has 0 radical (unpaired) electrons. The van der Waals surface area contributed by atoms with Crippen LogP contribution in [0.4, 0.5) is 4.79 Å². The maximum Gasteiger partial charge on any atom is 0.404 e. The number of aromatic nitrogens is 1. The van der Waals surface area contributed by atoms with Crippen LogP contribution in [-0.2, 0) is 0 Å². The third-order valence-corrected chi connectivity index (χ3v) is 2.91. The Morgan fingerprint density at radius 2 is 2.20 bits per heavy atom. The Bertz CT molecular complexity index is 315. The first kappa shape index (κ1) is 10.0. The van der Waals surface area contributed by atoms with Crippen LogP contribution in [0.2, 0.25) is 0 Å². The molecule has 0 saturated heterocycles. The van der Waals surface area contributed by atoms with Crippen LogP contribution >= 0.6 is 0 Å². The molecule has 1 aliphatic carbocycles. The molecule has 82 valence electrons. The number of carbonyl (C=O) groups is 1. The van der Waals surface area contributed by atoms with Crippen molar-refractivity contribution in [2.45, 2.75) is 37.6 Å². The summed E-state index contributed by atoms with van der Waals surface area (Å²) < 4.78 is 5.24. The highest BCUT2D eigenvalue weighted by Crippen LogP contribution is 2.32. The summed E-state index contributed by atoms with van der Waals surface area (Å²) in [5.41, 5.74) is 0. The third-order valence-electron chi connectivity index (χ3n) is 2.91. The zero-order chi connectivity index (χ0) is 10.7. The molecule has 5 heteroatoms. The zero-order valence-corrected chi connectivity index (χ0v) is 8.35. The fourth-order valence-corrected chi connectivity index (χ4v) is 2.12. The van der Waals surface area contributed by atoms with Crippen molar-refractivity contribution >= 4 is 6.09 Å². The minimum Gasteiger partial charge on any atom is -0.465 e. The first-order chi connectivity index (χ1) is 7.25. The Morgan fingerprint density at radius 1 is 1.47 bits per heavy atom. The molecule has 0 bridgehead atoms. The van der Waals surface area contributed by atoms with Crippen LogP contribution in [0.5, 0.6) is 0 Å². The molecule has 1 saturated carbocycles. The number of hydrogen-bond donors (Lipinski definition) is 2. The van der Waals surface area contributed by atoms with Gasteiger partial charge in [-0.3, -0.25) is 0 Å². The van der Waals surface area contributed by atoms with Crippen LogP contribution in [-0.4, -0.2) is 22.2 Å². The SMILES string of the molecule is O=C(O)N[C@H]1CC[C@H](c2cnco2)CC1. The molecule has 1 aromatic rings. The molecule has 1 aliphatic rings. The van der Waals surface area contributed by atoms with Crippen LogP contribution in [0.25, 0.3) is 0 Å². The molecule has 0 aliphatic heterocycles. The Morgan fingerprint density at radius 3 is 2.73 bits per heavy atom. The molecule has 2 N–H and O–H groups in total. The number of amides is 1. The summed E-state index contributed by atoms with van der Waals surface area (Å²) in [5.74, 6) is 1.32. The van der Waals surface area contributed by atoms with Gasteiger partial charge in [-0.05, 0) is 25.7 Å². The third kappa shape index (κ3) is 2.49. The van der Waals surface area contributed by atoms with Gasteiger partial charge in [-0.2, -0.15) is 0 Å². The van der Waals surface area contributed by atoms with Gasteiger partial charge in [-0.15, -0.1) is 0 Å². The molecule has 1 heterocycles. The fourth-order valence-electron chi connectivity index (χ4n) is 2.12. The van der Waals surface area contributed by atoms with Crippen molar-refractivity contribution < 1.29 is 14.3 Å². The number of rotatable bonds is 2. The summed E-state index contributed by atoms with van der Waals surface area (Å²) in [7, 11) is 0. The number of hydrogen-bond acceptors (Lipinski definition) is 3. The van der Waals surface area contributed by atoms with E-state index in [9.17, 15) is 4.79 Å². The fraction of sp³-hybridized carbons (Fsp3) is 0.600. The lowest BCUT2D eigenvalue weighted by atomic mass is 9.85. The summed E-state index contributed by atoms with van der Waals surface area (Å²) in [5, 5.41) is 11.1. The van der Waals surface area contributed by atoms with Crippen molar-refractivity contribution in [3.8, 4) is 0 Å². The quantitative estimate of drug-likeness (QED) is 0.782. The normalized spacial score (nSPS) is 26.1. The number of nitrogens with one attached hydrogen (secondary N) is 1. The molecule has 1 aromatic heterocycles. The van der Waals surface area contributed by atoms with Gasteiger partial charge in [0, 0.05) is 12.0 Å². The predicted molar refractivity (Wildman–Crippen MR) is 52.7 cm³/mol. The first-order valence-electron chi connectivity index (χ1n) is 5.13. The Hall–Kier alpha value is -1.52. The van der Waals surface area contributed by atoms with Crippen molar-refractivity contribution in [3.05, 3.63) is 18.4 Å². The molecule has 0 unspecified atom stereocenters. The summed E-state index contributed by atoms with van der Waals surface area (Å²) in [6, 6.07) is 0.0988. The van der Waals surface area contributed by atoms with Gasteiger partial charge in [0.15, 0.2) is 6.39 Å². The molecule has 5 nitrogen and oxygen atoms in total. The van der Waals surface area contributed by atoms with E-state index in [1.807, 2.05) is 0 Å². The first-order valence-corrected chi connectivity index (χ1v) is 5.13. The maximum absolute atomic E-state index is 10.4. The van der Waals surface area contributed by atoms with E-state index in [-0.39, 0.29) is 6.04 Å². The second-order valence-corrected chi connectivity index (χ2v) is 3.90. The lowest BCUT2D eigenvalue weighted by Crippen LogP contribution is -2.36. The van der Waals surface area contributed by atoms with Crippen LogP contribution in [0.1, 0.15) is 37.4 Å². The summed E-state index contributed by atoms with van der Waals surface area (Å²) in [6.07, 6.45) is 5.92. The maximum atomic E-state index is 10.4. The Kier molecular flexibility index (Phi) is 2.89. The van der Waals surface area contributed by atoms with Gasteiger partial charge in [0.1, 0.15) is 5.76 Å². The van der Waals surface area contributed by atoms with Crippen LogP contribution in [0.15, 0.2) is 17.0 Å². The predicted octanol–water partition coefficient (Wildman–Crippen LogP) is 1.97. The zero-order valence-electron chi connectivity index (χ0n) is 8.35. The average molecular weight is 210 g/mol. The topological polar surface area (TPSA) is 75.4 Å². The molecule has 15 heavy (non-hydrogen) atoms. The second kappa shape index (κ2) is 4.33. The minimum absolute atomic E-state index is 0.0988. The van der Waals surface area contributed by atoms with E-state index in [2.05, 4.69) is 10.3 Å². The van der Waals surface area contributed by atoms with Gasteiger partial charge < -0.3 is 14.8 Å². The highest BCUT2D eigenvalue weighted by Gasteiger charge is 2.24. The average Bonchev–Trinajstić information content (AvgIpc) is 2.71. The molecule has 1 fully saturated rings. The summed E-state index contributed by atoms with van der Waals surface area (Å²) in [4.78, 5) is 14.3. The van der Waals surface area contributed by atoms with E-state index in [4.69, 9.17) is 9.52 Å². The standard InChI is InChI=1S/C10H14N2O3/c13-10(14)12-8-3-1-7(2-4-8)9-5-11-6-15-9/h5-8,12H,1-4H2,(H,13,14)/t7-,8-. The largest absolute Gasteiger partial charge is 0.465 e. The van der Waals surface area contributed by atoms with Crippen molar-refractivity contribution in [2.75, 3.05) is 0 Å². The summed E-state index contributed by atoms with van der Waals surface area (Å²) >= 11 is 0. The van der Waals surface area contributed by atoms with Gasteiger partial charge in [0.05, 0.1) is 6.20 Å². The van der Waals surface area contributed by atoms with E-state index in [0.29, 0.717) is 5.92 Å². The molecule has 2 rings (SSSR count). The van der Waals surface area contributed by atoms with Crippen LogP contribution < -0.4 is 5.32 Å². The highest BCUT2D eigenvalue weighted by atomic mass is 16.4. The van der Waals surface area contributed by atoms with Crippen molar-refractivity contribution in [1.29, 1.82) is 0 Å². The van der Waals surface area contributed by atoms with Crippen LogP contribution in [0, 0.1) is 0 Å². The number of carboxylic acid groups (broad SMARTS) is 1. The Balaban J connectivity index is 1.84. The molecule has 0 atom stereocenters. The number of oxazole rings is 1. The Labute approximate surface area is 87.5 Å². The van der Waals surface area contributed by atoms with Crippen molar-refractivity contribution in [2.24, 2.45) is 0 Å². The molecular weight excluding hydrogens is 196 g/mol. The van der Waals surface area contributed by atoms with E-state index >= 15 is 0 Å². The molecule has 0 aromatic carbocycles. The number of nitrogens with zero attached hydrogens (tertiary/aromatic N) is 1. The van der Waals surface area contributed by atoms with E-state index < -0.39 is 6.09 Å². The second-order valence-electron chi connectivity index (χ2n) is 3.90. The van der Waals surface area contributed by atoms with Gasteiger partial charge in [0.2, 0.25) is 0 Å². The van der Waals surface area contributed by atoms with Gasteiger partial charge in [0.25, 0.3) is 0 Å². The lowest BCUT2D eigenvalue weighted by Gasteiger charge is -2.26. The molecule has 0 spiro atoms. The van der Waals surface area contributed by atoms with Gasteiger partial charge in [-0.25, -0.2) is 9.78 Å². The van der Waals surface area contributed by atoms with Crippen LogP contribution in [0.3, 0.4) is 0 Å². The van der Waals surface area contributed by atoms with E-state index in [0.717, 1.165) is 31.4 Å². The van der Waals surface area contributed by atoms with Gasteiger partial charge >= 0.3 is 6.09 Å². The van der Waals surface area contributed by atoms with E-state index in [1.165, 1.54) is 6.39 Å². The van der Waals surface area contributed by atoms with Gasteiger partial charge in [-0.1, -0.05) is 0 Å².